The lowest BCUT2D eigenvalue weighted by Gasteiger charge is -1.95. The van der Waals surface area contributed by atoms with Gasteiger partial charge in [0.2, 0.25) is 0 Å². The number of rotatable bonds is 3. The van der Waals surface area contributed by atoms with E-state index in [4.69, 9.17) is 1.37 Å². The quantitative estimate of drug-likeness (QED) is 0.502. The molecule has 0 atom stereocenters. The predicted molar refractivity (Wildman–Crippen MR) is 57.5 cm³/mol. The van der Waals surface area contributed by atoms with Gasteiger partial charge in [0.05, 0.1) is 1.37 Å². The van der Waals surface area contributed by atoms with Crippen molar-refractivity contribution in [3.8, 4) is 0 Å². The Bertz CT molecular complexity index is 311. The summed E-state index contributed by atoms with van der Waals surface area (Å²) in [7, 11) is 0. The van der Waals surface area contributed by atoms with Crippen molar-refractivity contribution in [2.45, 2.75) is 4.90 Å². The largest absolute Gasteiger partial charge is 0.130 e. The number of hydrogen-bond acceptors (Lipinski definition) is 1. The molecular formula is C11H12S. The van der Waals surface area contributed by atoms with E-state index in [0.29, 0.717) is 6.05 Å². The van der Waals surface area contributed by atoms with Gasteiger partial charge in [-0.3, -0.25) is 0 Å². The lowest BCUT2D eigenvalue weighted by molar-refractivity contribution is 1.45. The highest BCUT2D eigenvalue weighted by Gasteiger charge is 1.87. The van der Waals surface area contributed by atoms with Gasteiger partial charge >= 0.3 is 0 Å². The predicted octanol–water partition coefficient (Wildman–Crippen LogP) is 3.61. The Labute approximate surface area is 79.4 Å². The molecule has 0 spiro atoms. The molecule has 1 aromatic rings. The van der Waals surface area contributed by atoms with Crippen molar-refractivity contribution in [1.29, 1.82) is 0 Å². The zero-order valence-corrected chi connectivity index (χ0v) is 7.90. The van der Waals surface area contributed by atoms with Crippen molar-refractivity contribution in [2.75, 3.05) is 6.26 Å². The summed E-state index contributed by atoms with van der Waals surface area (Å²) in [4.78, 5) is 1.22. The second kappa shape index (κ2) is 4.83. The van der Waals surface area contributed by atoms with E-state index in [1.807, 2.05) is 30.5 Å². The molecule has 0 bridgehead atoms. The van der Waals surface area contributed by atoms with E-state index in [0.717, 1.165) is 5.56 Å². The molecule has 0 aliphatic rings. The van der Waals surface area contributed by atoms with Gasteiger partial charge in [-0.25, -0.2) is 0 Å². The topological polar surface area (TPSA) is 0 Å². The summed E-state index contributed by atoms with van der Waals surface area (Å²) in [6, 6.07) is 8.45. The van der Waals surface area contributed by atoms with Crippen molar-refractivity contribution < 1.29 is 1.37 Å². The first-order chi connectivity index (χ1) is 6.27. The first-order valence-electron chi connectivity index (χ1n) is 4.21. The van der Waals surface area contributed by atoms with Crippen molar-refractivity contribution in [2.24, 2.45) is 0 Å². The van der Waals surface area contributed by atoms with E-state index in [-0.39, 0.29) is 0 Å². The minimum absolute atomic E-state index is 0.502. The molecule has 0 radical (unpaired) electrons. The van der Waals surface area contributed by atoms with E-state index < -0.39 is 0 Å². The van der Waals surface area contributed by atoms with Crippen LogP contribution in [-0.2, 0) is 0 Å². The Morgan fingerprint density at radius 2 is 2.08 bits per heavy atom. The summed E-state index contributed by atoms with van der Waals surface area (Å²) in [5.41, 5.74) is 0.928. The maximum atomic E-state index is 7.62. The third-order valence-electron chi connectivity index (χ3n) is 1.46. The maximum absolute atomic E-state index is 7.62. The molecule has 1 rings (SSSR count). The fraction of sp³-hybridized carbons (Fsp3) is 0.0909. The molecule has 12 heavy (non-hydrogen) atoms. The zero-order valence-electron chi connectivity index (χ0n) is 8.08. The van der Waals surface area contributed by atoms with Crippen LogP contribution >= 0.6 is 11.8 Å². The molecule has 0 nitrogen and oxygen atoms in total. The van der Waals surface area contributed by atoms with Crippen LogP contribution < -0.4 is 0 Å². The zero-order chi connectivity index (χ0) is 9.68. The van der Waals surface area contributed by atoms with Gasteiger partial charge in [-0.1, -0.05) is 36.9 Å². The standard InChI is InChI=1S/C11H12S/c1-3-4-5-10-6-8-11(12-2)9-7-10/h3-9H,1H2,2H3/b5-4+/i5D. The fourth-order valence-electron chi connectivity index (χ4n) is 0.842. The van der Waals surface area contributed by atoms with Crippen LogP contribution in [0.5, 0.6) is 0 Å². The van der Waals surface area contributed by atoms with Crippen LogP contribution in [-0.4, -0.2) is 6.26 Å². The second-order valence-electron chi connectivity index (χ2n) is 2.28. The van der Waals surface area contributed by atoms with Crippen molar-refractivity contribution in [1.82, 2.24) is 0 Å². The molecule has 0 heterocycles. The Kier molecular flexibility index (Phi) is 3.10. The molecule has 0 saturated heterocycles. The van der Waals surface area contributed by atoms with Gasteiger partial charge in [0, 0.05) is 4.90 Å². The van der Waals surface area contributed by atoms with Gasteiger partial charge in [0.15, 0.2) is 0 Å². The van der Waals surface area contributed by atoms with Crippen LogP contribution in [0.25, 0.3) is 6.05 Å². The summed E-state index contributed by atoms with van der Waals surface area (Å²) < 4.78 is 7.62. The molecule has 0 aromatic heterocycles. The van der Waals surface area contributed by atoms with E-state index in [9.17, 15) is 0 Å². The minimum atomic E-state index is 0.502. The minimum Gasteiger partial charge on any atom is -0.130 e. The lowest BCUT2D eigenvalue weighted by Crippen LogP contribution is -1.71. The average molecular weight is 177 g/mol. The van der Waals surface area contributed by atoms with Crippen molar-refractivity contribution >= 4 is 17.8 Å². The normalized spacial score (nSPS) is 12.4. The van der Waals surface area contributed by atoms with Crippen molar-refractivity contribution in [3.05, 3.63) is 48.6 Å². The first-order valence-corrected chi connectivity index (χ1v) is 4.94. The number of thioether (sulfide) groups is 1. The summed E-state index contributed by atoms with van der Waals surface area (Å²) in [5, 5.41) is 0. The van der Waals surface area contributed by atoms with Crippen LogP contribution in [0.2, 0.25) is 0 Å². The molecule has 0 unspecified atom stereocenters. The summed E-state index contributed by atoms with van der Waals surface area (Å²) in [6.07, 6.45) is 5.36. The average Bonchev–Trinajstić information content (AvgIpc) is 2.18. The lowest BCUT2D eigenvalue weighted by atomic mass is 10.2. The summed E-state index contributed by atoms with van der Waals surface area (Å²) in [6.45, 7) is 3.56. The molecule has 0 N–H and O–H groups in total. The summed E-state index contributed by atoms with van der Waals surface area (Å²) >= 11 is 1.70. The Hall–Kier alpha value is -0.950. The van der Waals surface area contributed by atoms with Gasteiger partial charge in [-0.2, -0.15) is 0 Å². The van der Waals surface area contributed by atoms with Crippen LogP contribution in [0.3, 0.4) is 0 Å². The molecular weight excluding hydrogens is 164 g/mol. The summed E-state index contributed by atoms with van der Waals surface area (Å²) in [5.74, 6) is 0. The Morgan fingerprint density at radius 3 is 2.58 bits per heavy atom. The molecule has 1 heteroatoms. The first kappa shape index (κ1) is 7.69. The molecule has 0 aliphatic heterocycles. The SMILES string of the molecule is [2H]/C(=C\C=C)c1ccc(SC)cc1. The Balaban J connectivity index is 2.91. The van der Waals surface area contributed by atoms with Gasteiger partial charge in [-0.15, -0.1) is 11.8 Å². The van der Waals surface area contributed by atoms with E-state index in [1.54, 1.807) is 23.9 Å². The van der Waals surface area contributed by atoms with Crippen LogP contribution in [0.15, 0.2) is 47.9 Å². The highest BCUT2D eigenvalue weighted by Crippen LogP contribution is 2.15. The highest BCUT2D eigenvalue weighted by atomic mass is 32.2. The van der Waals surface area contributed by atoms with E-state index in [1.165, 1.54) is 4.90 Å². The van der Waals surface area contributed by atoms with E-state index in [2.05, 4.69) is 6.58 Å². The number of benzene rings is 1. The van der Waals surface area contributed by atoms with Gasteiger partial charge in [-0.05, 0) is 24.0 Å². The Morgan fingerprint density at radius 1 is 1.42 bits per heavy atom. The number of allylic oxidation sites excluding steroid dienone is 2. The van der Waals surface area contributed by atoms with Crippen LogP contribution in [0.1, 0.15) is 6.93 Å². The molecule has 62 valence electrons. The van der Waals surface area contributed by atoms with Crippen LogP contribution in [0, 0.1) is 0 Å². The van der Waals surface area contributed by atoms with Gasteiger partial charge < -0.3 is 0 Å². The monoisotopic (exact) mass is 177 g/mol. The third kappa shape index (κ3) is 2.59. The van der Waals surface area contributed by atoms with Crippen LogP contribution in [0.4, 0.5) is 0 Å². The molecule has 0 fully saturated rings. The maximum Gasteiger partial charge on any atom is 0.0629 e. The van der Waals surface area contributed by atoms with Gasteiger partial charge in [0.25, 0.3) is 0 Å². The third-order valence-corrected chi connectivity index (χ3v) is 2.20. The molecule has 1 aromatic carbocycles. The molecule has 0 aliphatic carbocycles. The highest BCUT2D eigenvalue weighted by molar-refractivity contribution is 7.98. The number of hydrogen-bond donors (Lipinski definition) is 0. The smallest absolute Gasteiger partial charge is 0.0629 e. The molecule has 0 saturated carbocycles. The van der Waals surface area contributed by atoms with Gasteiger partial charge in [0.1, 0.15) is 0 Å². The fourth-order valence-corrected chi connectivity index (χ4v) is 1.25. The van der Waals surface area contributed by atoms with Crippen molar-refractivity contribution in [3.63, 3.8) is 0 Å². The molecule has 0 amide bonds. The second-order valence-corrected chi connectivity index (χ2v) is 3.15. The van der Waals surface area contributed by atoms with E-state index >= 15 is 0 Å².